The molecule has 0 bridgehead atoms. The van der Waals surface area contributed by atoms with Crippen molar-refractivity contribution in [1.29, 1.82) is 0 Å². The molecule has 2 aromatic carbocycles. The van der Waals surface area contributed by atoms with Gasteiger partial charge in [0, 0.05) is 11.8 Å². The summed E-state index contributed by atoms with van der Waals surface area (Å²) in [4.78, 5) is 8.62. The molecule has 27 heavy (non-hydrogen) atoms. The molecule has 0 aliphatic rings. The molecule has 138 valence electrons. The molecule has 0 radical (unpaired) electrons. The number of para-hydroxylation sites is 2. The summed E-state index contributed by atoms with van der Waals surface area (Å²) in [6.07, 6.45) is 1.13. The van der Waals surface area contributed by atoms with E-state index in [1.165, 1.54) is 0 Å². The summed E-state index contributed by atoms with van der Waals surface area (Å²) >= 11 is 0. The third-order valence-corrected chi connectivity index (χ3v) is 5.02. The fraction of sp³-hybridized carbons (Fsp3) is 0.167. The van der Waals surface area contributed by atoms with Crippen molar-refractivity contribution in [3.8, 4) is 17.1 Å². The molecule has 0 aliphatic carbocycles. The number of hydrogen-bond acceptors (Lipinski definition) is 7. The fourth-order valence-electron chi connectivity index (χ4n) is 2.82. The molecule has 0 saturated heterocycles. The van der Waals surface area contributed by atoms with Gasteiger partial charge < -0.3 is 13.8 Å². The first-order valence-electron chi connectivity index (χ1n) is 8.08. The summed E-state index contributed by atoms with van der Waals surface area (Å²) in [5, 5.41) is 3.95. The van der Waals surface area contributed by atoms with Crippen molar-refractivity contribution in [3.63, 3.8) is 0 Å². The second-order valence-corrected chi connectivity index (χ2v) is 7.89. The van der Waals surface area contributed by atoms with Crippen molar-refractivity contribution >= 4 is 20.9 Å². The quantitative estimate of drug-likeness (QED) is 0.521. The van der Waals surface area contributed by atoms with Crippen LogP contribution in [-0.4, -0.2) is 41.5 Å². The molecule has 0 amide bonds. The Kier molecular flexibility index (Phi) is 4.15. The summed E-state index contributed by atoms with van der Waals surface area (Å²) in [6, 6.07) is 14.5. The first-order valence-corrected chi connectivity index (χ1v) is 9.97. The molecular weight excluding hydrogens is 368 g/mol. The fourth-order valence-corrected chi connectivity index (χ4v) is 3.65. The van der Waals surface area contributed by atoms with Gasteiger partial charge in [0.2, 0.25) is 26.7 Å². The van der Waals surface area contributed by atoms with Crippen LogP contribution in [0.3, 0.4) is 0 Å². The number of fused-ring (bicyclic) bond motifs is 1. The van der Waals surface area contributed by atoms with E-state index in [1.54, 1.807) is 35.9 Å². The Labute approximate surface area is 155 Å². The highest BCUT2D eigenvalue weighted by molar-refractivity contribution is 7.90. The molecule has 4 aromatic rings. The molecule has 0 unspecified atom stereocenters. The van der Waals surface area contributed by atoms with Crippen molar-refractivity contribution in [2.24, 2.45) is 0 Å². The average Bonchev–Trinajstić information content (AvgIpc) is 3.27. The predicted octanol–water partition coefficient (Wildman–Crippen LogP) is 2.55. The molecule has 9 heteroatoms. The highest BCUT2D eigenvalue weighted by atomic mass is 32.2. The van der Waals surface area contributed by atoms with Crippen LogP contribution >= 0.6 is 0 Å². The largest absolute Gasteiger partial charge is 0.497 e. The summed E-state index contributed by atoms with van der Waals surface area (Å²) in [5.74, 6) is 1.36. The Morgan fingerprint density at radius 1 is 1.11 bits per heavy atom. The standard InChI is InChI=1S/C18H16N4O4S/c1-25-13-7-5-6-12(10-13)17-20-16(26-21-17)11-22-15-9-4-3-8-14(15)19-18(22)27(2,23)24/h3-10H,11H2,1-2H3. The SMILES string of the molecule is COc1cccc(-c2noc(Cn3c(S(C)(=O)=O)nc4ccccc43)n2)c1. The lowest BCUT2D eigenvalue weighted by Gasteiger charge is -2.04. The van der Waals surface area contributed by atoms with Crippen LogP contribution in [0.5, 0.6) is 5.75 Å². The number of benzene rings is 2. The Balaban J connectivity index is 1.74. The molecule has 0 fully saturated rings. The Bertz CT molecular complexity index is 1230. The third kappa shape index (κ3) is 3.28. The highest BCUT2D eigenvalue weighted by Crippen LogP contribution is 2.23. The minimum absolute atomic E-state index is 0.0372. The lowest BCUT2D eigenvalue weighted by molar-refractivity contribution is 0.369. The normalized spacial score (nSPS) is 11.8. The van der Waals surface area contributed by atoms with Crippen LogP contribution in [0.15, 0.2) is 58.2 Å². The van der Waals surface area contributed by atoms with Gasteiger partial charge >= 0.3 is 0 Å². The topological polar surface area (TPSA) is 100 Å². The van der Waals surface area contributed by atoms with Crippen molar-refractivity contribution in [3.05, 3.63) is 54.4 Å². The maximum absolute atomic E-state index is 12.1. The van der Waals surface area contributed by atoms with Gasteiger partial charge in [0.25, 0.3) is 0 Å². The van der Waals surface area contributed by atoms with Crippen molar-refractivity contribution < 1.29 is 17.7 Å². The van der Waals surface area contributed by atoms with E-state index in [4.69, 9.17) is 9.26 Å². The highest BCUT2D eigenvalue weighted by Gasteiger charge is 2.21. The molecule has 8 nitrogen and oxygen atoms in total. The molecule has 2 heterocycles. The maximum atomic E-state index is 12.1. The number of nitrogens with zero attached hydrogens (tertiary/aromatic N) is 4. The van der Waals surface area contributed by atoms with Gasteiger partial charge in [-0.25, -0.2) is 13.4 Å². The summed E-state index contributed by atoms with van der Waals surface area (Å²) in [5.41, 5.74) is 2.01. The van der Waals surface area contributed by atoms with Gasteiger partial charge in [0.1, 0.15) is 12.3 Å². The van der Waals surface area contributed by atoms with Gasteiger partial charge in [0.05, 0.1) is 18.1 Å². The molecule has 4 rings (SSSR count). The van der Waals surface area contributed by atoms with Crippen molar-refractivity contribution in [1.82, 2.24) is 19.7 Å². The summed E-state index contributed by atoms with van der Waals surface area (Å²) in [6.45, 7) is 0.0971. The summed E-state index contributed by atoms with van der Waals surface area (Å²) in [7, 11) is -1.94. The Morgan fingerprint density at radius 2 is 1.93 bits per heavy atom. The Morgan fingerprint density at radius 3 is 2.70 bits per heavy atom. The van der Waals surface area contributed by atoms with Crippen molar-refractivity contribution in [2.45, 2.75) is 11.7 Å². The number of rotatable bonds is 5. The van der Waals surface area contributed by atoms with Crippen LogP contribution in [0.4, 0.5) is 0 Å². The molecule has 0 aliphatic heterocycles. The predicted molar refractivity (Wildman–Crippen MR) is 98.2 cm³/mol. The first-order chi connectivity index (χ1) is 13.0. The number of methoxy groups -OCH3 is 1. The van der Waals surface area contributed by atoms with E-state index in [0.29, 0.717) is 22.6 Å². The molecule has 0 spiro atoms. The van der Waals surface area contributed by atoms with Gasteiger partial charge in [-0.2, -0.15) is 4.98 Å². The van der Waals surface area contributed by atoms with E-state index in [-0.39, 0.29) is 17.6 Å². The third-order valence-electron chi connectivity index (χ3n) is 4.04. The van der Waals surface area contributed by atoms with Gasteiger partial charge in [-0.15, -0.1) is 0 Å². The van der Waals surface area contributed by atoms with E-state index in [1.807, 2.05) is 24.3 Å². The summed E-state index contributed by atoms with van der Waals surface area (Å²) < 4.78 is 36.4. The van der Waals surface area contributed by atoms with Crippen LogP contribution in [0.1, 0.15) is 5.89 Å². The van der Waals surface area contributed by atoms with E-state index in [9.17, 15) is 8.42 Å². The zero-order chi connectivity index (χ0) is 19.0. The zero-order valence-corrected chi connectivity index (χ0v) is 15.5. The van der Waals surface area contributed by atoms with E-state index in [2.05, 4.69) is 15.1 Å². The molecule has 0 saturated carbocycles. The second kappa shape index (κ2) is 6.51. The van der Waals surface area contributed by atoms with Crippen LogP contribution in [0.2, 0.25) is 0 Å². The minimum atomic E-state index is -3.52. The molecule has 2 aromatic heterocycles. The van der Waals surface area contributed by atoms with Crippen molar-refractivity contribution in [2.75, 3.05) is 13.4 Å². The maximum Gasteiger partial charge on any atom is 0.246 e. The number of hydrogen-bond donors (Lipinski definition) is 0. The molecule has 0 N–H and O–H groups in total. The minimum Gasteiger partial charge on any atom is -0.497 e. The van der Waals surface area contributed by atoms with Gasteiger partial charge in [-0.3, -0.25) is 0 Å². The molecule has 0 atom stereocenters. The number of imidazole rings is 1. The van der Waals surface area contributed by atoms with Crippen LogP contribution in [-0.2, 0) is 16.4 Å². The number of ether oxygens (including phenoxy) is 1. The van der Waals surface area contributed by atoms with Gasteiger partial charge in [0.15, 0.2) is 0 Å². The lowest BCUT2D eigenvalue weighted by Crippen LogP contribution is -2.10. The monoisotopic (exact) mass is 384 g/mol. The van der Waals surface area contributed by atoms with Crippen LogP contribution in [0.25, 0.3) is 22.4 Å². The number of aromatic nitrogens is 4. The first kappa shape index (κ1) is 17.2. The lowest BCUT2D eigenvalue weighted by atomic mass is 10.2. The van der Waals surface area contributed by atoms with E-state index >= 15 is 0 Å². The van der Waals surface area contributed by atoms with Gasteiger partial charge in [-0.05, 0) is 24.3 Å². The average molecular weight is 384 g/mol. The van der Waals surface area contributed by atoms with Crippen LogP contribution < -0.4 is 4.74 Å². The van der Waals surface area contributed by atoms with Gasteiger partial charge in [-0.1, -0.05) is 29.4 Å². The smallest absolute Gasteiger partial charge is 0.246 e. The van der Waals surface area contributed by atoms with E-state index < -0.39 is 9.84 Å². The molecular formula is C18H16N4O4S. The zero-order valence-electron chi connectivity index (χ0n) is 14.7. The van der Waals surface area contributed by atoms with Crippen LogP contribution in [0, 0.1) is 0 Å². The Hall–Kier alpha value is -3.20. The second-order valence-electron chi connectivity index (χ2n) is 5.99. The van der Waals surface area contributed by atoms with E-state index in [0.717, 1.165) is 11.8 Å². The number of sulfone groups is 1.